The Balaban J connectivity index is 1.57. The van der Waals surface area contributed by atoms with E-state index in [1.54, 1.807) is 0 Å². The lowest BCUT2D eigenvalue weighted by Crippen LogP contribution is -2.60. The van der Waals surface area contributed by atoms with Crippen molar-refractivity contribution in [3.63, 3.8) is 0 Å². The van der Waals surface area contributed by atoms with E-state index in [2.05, 4.69) is 0 Å². The third kappa shape index (κ3) is 8.30. The molecular weight excluding hydrogens is 524 g/mol. The van der Waals surface area contributed by atoms with Crippen LogP contribution in [0.3, 0.4) is 0 Å². The maximum Gasteiger partial charge on any atom is 0.321 e. The first-order valence-electron chi connectivity index (χ1n) is 12.5. The van der Waals surface area contributed by atoms with Crippen LogP contribution < -0.4 is 0 Å². The minimum absolute atomic E-state index is 0.262. The molecule has 0 aliphatic carbocycles. The molecular formula is C30H33ClO6S. The second-order valence-corrected chi connectivity index (χ2v) is 10.1. The first-order chi connectivity index (χ1) is 18.7. The van der Waals surface area contributed by atoms with Gasteiger partial charge in [0.2, 0.25) is 0 Å². The summed E-state index contributed by atoms with van der Waals surface area (Å²) in [4.78, 5) is 12.3. The molecule has 0 bridgehead atoms. The number of hydrogen-bond donors (Lipinski definition) is 0. The normalized spacial score (nSPS) is 23.2. The summed E-state index contributed by atoms with van der Waals surface area (Å²) in [5, 5.41) is 0. The average molecular weight is 557 g/mol. The maximum atomic E-state index is 12.3. The molecule has 0 unspecified atom stereocenters. The van der Waals surface area contributed by atoms with Crippen molar-refractivity contribution in [3.05, 3.63) is 108 Å². The van der Waals surface area contributed by atoms with Crippen LogP contribution in [0.4, 0.5) is 0 Å². The topological polar surface area (TPSA) is 63.2 Å². The molecule has 6 nitrogen and oxygen atoms in total. The Morgan fingerprint density at radius 2 is 1.26 bits per heavy atom. The minimum atomic E-state index is -0.717. The molecule has 0 amide bonds. The average Bonchev–Trinajstić information content (AvgIpc) is 2.97. The van der Waals surface area contributed by atoms with Crippen molar-refractivity contribution in [2.45, 2.75) is 49.7 Å². The van der Waals surface area contributed by atoms with E-state index >= 15 is 0 Å². The Labute approximate surface area is 233 Å². The minimum Gasteiger partial charge on any atom is -0.455 e. The van der Waals surface area contributed by atoms with Crippen molar-refractivity contribution in [1.82, 2.24) is 0 Å². The maximum absolute atomic E-state index is 12.3. The number of rotatable bonds is 13. The summed E-state index contributed by atoms with van der Waals surface area (Å²) < 4.78 is 31.2. The highest BCUT2D eigenvalue weighted by atomic mass is 35.5. The second-order valence-electron chi connectivity index (χ2n) is 8.89. The quantitative estimate of drug-likeness (QED) is 0.200. The summed E-state index contributed by atoms with van der Waals surface area (Å²) in [6, 6.07) is 29.7. The lowest BCUT2D eigenvalue weighted by atomic mass is 9.99. The van der Waals surface area contributed by atoms with Crippen molar-refractivity contribution in [1.29, 1.82) is 0 Å². The van der Waals surface area contributed by atoms with E-state index in [9.17, 15) is 4.79 Å². The van der Waals surface area contributed by atoms with Gasteiger partial charge in [-0.25, -0.2) is 0 Å². The fourth-order valence-corrected chi connectivity index (χ4v) is 5.10. The molecule has 1 saturated heterocycles. The smallest absolute Gasteiger partial charge is 0.321 e. The first kappa shape index (κ1) is 28.6. The standard InChI is InChI=1S/C30H33ClO6S/c1-38-30-29(37-26(32)17-31)28(35-20-24-15-9-4-10-16-24)27(34-19-23-13-7-3-8-14-23)25(36-30)21-33-18-22-11-5-2-6-12-22/h2-16,25,27-30H,17-21H2,1H3/t25-,27-,28+,29+,30-/m1/s1. The van der Waals surface area contributed by atoms with Crippen molar-refractivity contribution in [2.75, 3.05) is 18.7 Å². The molecule has 202 valence electrons. The van der Waals surface area contributed by atoms with Gasteiger partial charge in [-0.3, -0.25) is 4.79 Å². The molecule has 1 heterocycles. The van der Waals surface area contributed by atoms with Crippen LogP contribution in [-0.4, -0.2) is 54.6 Å². The zero-order valence-corrected chi connectivity index (χ0v) is 22.9. The SMILES string of the molecule is CS[C@H]1O[C@H](COCc2ccccc2)[C@@H](OCc2ccccc2)[C@H](OCc2ccccc2)[C@@H]1OC(=O)CCl. The van der Waals surface area contributed by atoms with Gasteiger partial charge >= 0.3 is 5.97 Å². The van der Waals surface area contributed by atoms with Crippen LogP contribution in [0.2, 0.25) is 0 Å². The van der Waals surface area contributed by atoms with E-state index in [0.29, 0.717) is 19.8 Å². The molecule has 0 aromatic heterocycles. The molecule has 3 aromatic rings. The summed E-state index contributed by atoms with van der Waals surface area (Å²) in [6.07, 6.45) is -0.431. The van der Waals surface area contributed by atoms with E-state index in [4.69, 9.17) is 35.3 Å². The van der Waals surface area contributed by atoms with Gasteiger partial charge in [0.15, 0.2) is 6.10 Å². The highest BCUT2D eigenvalue weighted by Crippen LogP contribution is 2.34. The number of thioether (sulfide) groups is 1. The van der Waals surface area contributed by atoms with Gasteiger partial charge in [-0.15, -0.1) is 23.4 Å². The molecule has 4 rings (SSSR count). The Morgan fingerprint density at radius 1 is 0.763 bits per heavy atom. The van der Waals surface area contributed by atoms with Crippen LogP contribution in [-0.2, 0) is 48.3 Å². The first-order valence-corrected chi connectivity index (χ1v) is 14.4. The number of alkyl halides is 1. The van der Waals surface area contributed by atoms with Crippen LogP contribution in [0.15, 0.2) is 91.0 Å². The number of carbonyl (C=O) groups excluding carboxylic acids is 1. The molecule has 8 heteroatoms. The van der Waals surface area contributed by atoms with E-state index in [-0.39, 0.29) is 12.5 Å². The van der Waals surface area contributed by atoms with Crippen LogP contribution >= 0.6 is 23.4 Å². The van der Waals surface area contributed by atoms with Crippen LogP contribution in [0.1, 0.15) is 16.7 Å². The molecule has 1 aliphatic rings. The van der Waals surface area contributed by atoms with Crippen LogP contribution in [0, 0.1) is 0 Å². The van der Waals surface area contributed by atoms with Gasteiger partial charge in [-0.05, 0) is 22.9 Å². The Hall–Kier alpha value is -2.39. The van der Waals surface area contributed by atoms with E-state index in [0.717, 1.165) is 16.7 Å². The van der Waals surface area contributed by atoms with Gasteiger partial charge < -0.3 is 23.7 Å². The monoisotopic (exact) mass is 556 g/mol. The largest absolute Gasteiger partial charge is 0.455 e. The number of benzene rings is 3. The van der Waals surface area contributed by atoms with Crippen molar-refractivity contribution in [2.24, 2.45) is 0 Å². The van der Waals surface area contributed by atoms with E-state index in [1.165, 1.54) is 11.8 Å². The molecule has 5 atom stereocenters. The predicted molar refractivity (Wildman–Crippen MR) is 149 cm³/mol. The summed E-state index contributed by atoms with van der Waals surface area (Å²) in [6.45, 7) is 1.39. The summed E-state index contributed by atoms with van der Waals surface area (Å²) in [5.41, 5.74) is 2.60. The second kappa shape index (κ2) is 15.3. The van der Waals surface area contributed by atoms with E-state index < -0.39 is 35.8 Å². The number of esters is 1. The molecule has 0 saturated carbocycles. The Bertz CT molecular complexity index is 1090. The highest BCUT2D eigenvalue weighted by Gasteiger charge is 2.49. The Kier molecular flexibility index (Phi) is 11.5. The van der Waals surface area contributed by atoms with Gasteiger partial charge in [0.1, 0.15) is 29.6 Å². The third-order valence-electron chi connectivity index (χ3n) is 6.16. The van der Waals surface area contributed by atoms with Crippen molar-refractivity contribution < 1.29 is 28.5 Å². The van der Waals surface area contributed by atoms with Crippen LogP contribution in [0.5, 0.6) is 0 Å². The van der Waals surface area contributed by atoms with Gasteiger partial charge in [0.05, 0.1) is 26.4 Å². The number of hydrogen-bond acceptors (Lipinski definition) is 7. The van der Waals surface area contributed by atoms with Gasteiger partial charge in [0, 0.05) is 0 Å². The molecule has 1 fully saturated rings. The van der Waals surface area contributed by atoms with Gasteiger partial charge in [0.25, 0.3) is 0 Å². The number of carbonyl (C=O) groups is 1. The van der Waals surface area contributed by atoms with Gasteiger partial charge in [-0.2, -0.15) is 0 Å². The number of halogens is 1. The fourth-order valence-electron chi connectivity index (χ4n) is 4.30. The van der Waals surface area contributed by atoms with Gasteiger partial charge in [-0.1, -0.05) is 91.0 Å². The molecule has 1 aliphatic heterocycles. The lowest BCUT2D eigenvalue weighted by Gasteiger charge is -2.45. The lowest BCUT2D eigenvalue weighted by molar-refractivity contribution is -0.249. The molecule has 38 heavy (non-hydrogen) atoms. The van der Waals surface area contributed by atoms with Crippen molar-refractivity contribution in [3.8, 4) is 0 Å². The number of ether oxygens (including phenoxy) is 5. The molecule has 3 aromatic carbocycles. The highest BCUT2D eigenvalue weighted by molar-refractivity contribution is 7.99. The zero-order chi connectivity index (χ0) is 26.6. The van der Waals surface area contributed by atoms with Crippen LogP contribution in [0.25, 0.3) is 0 Å². The third-order valence-corrected chi connectivity index (χ3v) is 7.23. The molecule has 0 N–H and O–H groups in total. The Morgan fingerprint density at radius 3 is 1.76 bits per heavy atom. The summed E-state index contributed by atoms with van der Waals surface area (Å²) in [7, 11) is 0. The molecule has 0 spiro atoms. The fraction of sp³-hybridized carbons (Fsp3) is 0.367. The summed E-state index contributed by atoms with van der Waals surface area (Å²) >= 11 is 7.25. The van der Waals surface area contributed by atoms with E-state index in [1.807, 2.05) is 97.3 Å². The summed E-state index contributed by atoms with van der Waals surface area (Å²) in [5.74, 6) is -0.796. The zero-order valence-electron chi connectivity index (χ0n) is 21.3. The van der Waals surface area contributed by atoms with Crippen molar-refractivity contribution >= 4 is 29.3 Å². The molecule has 0 radical (unpaired) electrons. The predicted octanol–water partition coefficient (Wildman–Crippen LogP) is 5.61.